The summed E-state index contributed by atoms with van der Waals surface area (Å²) < 4.78 is 9.35. The predicted molar refractivity (Wildman–Crippen MR) is 53.2 cm³/mol. The van der Waals surface area contributed by atoms with E-state index in [1.807, 2.05) is 6.08 Å². The van der Waals surface area contributed by atoms with Gasteiger partial charge in [-0.3, -0.25) is 4.79 Å². The van der Waals surface area contributed by atoms with Gasteiger partial charge in [-0.1, -0.05) is 6.08 Å². The van der Waals surface area contributed by atoms with E-state index in [-0.39, 0.29) is 0 Å². The summed E-state index contributed by atoms with van der Waals surface area (Å²) in [5.74, 6) is -1.39. The second-order valence-corrected chi connectivity index (χ2v) is 3.29. The van der Waals surface area contributed by atoms with E-state index in [2.05, 4.69) is 4.74 Å². The molecule has 0 bridgehead atoms. The first-order valence-corrected chi connectivity index (χ1v) is 4.73. The van der Waals surface area contributed by atoms with Crippen molar-refractivity contribution in [1.29, 1.82) is 0 Å². The number of methoxy groups -OCH3 is 2. The van der Waals surface area contributed by atoms with Crippen molar-refractivity contribution in [2.24, 2.45) is 0 Å². The maximum Gasteiger partial charge on any atom is 0.396 e. The van der Waals surface area contributed by atoms with Crippen LogP contribution >= 0.6 is 0 Å². The quantitative estimate of drug-likeness (QED) is 0.367. The summed E-state index contributed by atoms with van der Waals surface area (Å²) >= 11 is 0. The molecule has 0 unspecified atom stereocenters. The van der Waals surface area contributed by atoms with Gasteiger partial charge in [0.1, 0.15) is 0 Å². The van der Waals surface area contributed by atoms with E-state index in [4.69, 9.17) is 4.74 Å². The summed E-state index contributed by atoms with van der Waals surface area (Å²) in [6, 6.07) is 0. The molecule has 0 fully saturated rings. The maximum atomic E-state index is 11.4. The van der Waals surface area contributed by atoms with Crippen molar-refractivity contribution in [3.05, 3.63) is 11.6 Å². The second-order valence-electron chi connectivity index (χ2n) is 3.29. The number of carbonyl (C=O) groups excluding carboxylic acids is 2. The van der Waals surface area contributed by atoms with Crippen LogP contribution in [0, 0.1) is 0 Å². The molecule has 1 aliphatic rings. The second kappa shape index (κ2) is 5.50. The lowest BCUT2D eigenvalue weighted by Gasteiger charge is -2.25. The molecule has 0 saturated carbocycles. The van der Waals surface area contributed by atoms with Gasteiger partial charge in [0, 0.05) is 20.2 Å². The van der Waals surface area contributed by atoms with Gasteiger partial charge in [-0.05, 0) is 12.0 Å². The Balaban J connectivity index is 2.50. The Bertz CT molecular complexity index is 285. The Kier molecular flexibility index (Phi) is 4.30. The van der Waals surface area contributed by atoms with Crippen LogP contribution in [0.5, 0.6) is 0 Å². The Morgan fingerprint density at radius 3 is 2.67 bits per heavy atom. The van der Waals surface area contributed by atoms with Crippen LogP contribution in [0.2, 0.25) is 0 Å². The Labute approximate surface area is 88.6 Å². The fraction of sp³-hybridized carbons (Fsp3) is 0.600. The third-order valence-electron chi connectivity index (χ3n) is 2.28. The molecule has 1 aliphatic heterocycles. The number of hydrogen-bond donors (Lipinski definition) is 0. The highest BCUT2D eigenvalue weighted by atomic mass is 16.5. The van der Waals surface area contributed by atoms with E-state index < -0.39 is 11.9 Å². The summed E-state index contributed by atoms with van der Waals surface area (Å²) in [6.45, 7) is 1.58. The van der Waals surface area contributed by atoms with Crippen LogP contribution in [-0.2, 0) is 19.1 Å². The molecule has 0 aromatic rings. The van der Waals surface area contributed by atoms with Gasteiger partial charge in [-0.15, -0.1) is 0 Å². The third-order valence-corrected chi connectivity index (χ3v) is 2.28. The third kappa shape index (κ3) is 3.06. The van der Waals surface area contributed by atoms with Crippen molar-refractivity contribution in [2.45, 2.75) is 6.42 Å². The summed E-state index contributed by atoms with van der Waals surface area (Å²) in [6.07, 6.45) is 2.66. The smallest absolute Gasteiger partial charge is 0.396 e. The first kappa shape index (κ1) is 11.7. The molecule has 5 nitrogen and oxygen atoms in total. The number of esters is 1. The lowest BCUT2D eigenvalue weighted by Crippen LogP contribution is -2.40. The molecular weight excluding hydrogens is 198 g/mol. The van der Waals surface area contributed by atoms with E-state index in [0.29, 0.717) is 19.7 Å². The number of amides is 1. The average molecular weight is 213 g/mol. The van der Waals surface area contributed by atoms with Crippen LogP contribution in [-0.4, -0.2) is 50.7 Å². The van der Waals surface area contributed by atoms with E-state index in [9.17, 15) is 9.59 Å². The minimum atomic E-state index is -0.807. The minimum absolute atomic E-state index is 0.451. The largest absolute Gasteiger partial charge is 0.462 e. The fourth-order valence-electron chi connectivity index (χ4n) is 1.43. The highest BCUT2D eigenvalue weighted by molar-refractivity contribution is 6.32. The number of rotatable bonds is 2. The van der Waals surface area contributed by atoms with Gasteiger partial charge in [0.15, 0.2) is 0 Å². The van der Waals surface area contributed by atoms with Crippen molar-refractivity contribution in [2.75, 3.05) is 33.9 Å². The number of carbonyl (C=O) groups is 2. The van der Waals surface area contributed by atoms with Crippen LogP contribution < -0.4 is 0 Å². The molecular formula is C10H15NO4. The molecule has 0 aliphatic carbocycles. The molecule has 0 aromatic carbocycles. The number of nitrogens with zero attached hydrogens (tertiary/aromatic N) is 1. The van der Waals surface area contributed by atoms with Gasteiger partial charge in [0.05, 0.1) is 13.7 Å². The molecule has 0 atom stereocenters. The van der Waals surface area contributed by atoms with Crippen LogP contribution in [0.25, 0.3) is 0 Å². The van der Waals surface area contributed by atoms with E-state index in [0.717, 1.165) is 12.0 Å². The zero-order valence-corrected chi connectivity index (χ0v) is 8.99. The Hall–Kier alpha value is -1.36. The van der Waals surface area contributed by atoms with Crippen molar-refractivity contribution >= 4 is 11.9 Å². The van der Waals surface area contributed by atoms with E-state index in [1.54, 1.807) is 7.11 Å². The average Bonchev–Trinajstić information content (AvgIpc) is 2.28. The monoisotopic (exact) mass is 213 g/mol. The normalized spacial score (nSPS) is 15.9. The first-order valence-electron chi connectivity index (χ1n) is 4.73. The fourth-order valence-corrected chi connectivity index (χ4v) is 1.43. The molecule has 1 amide bonds. The van der Waals surface area contributed by atoms with Gasteiger partial charge in [0.2, 0.25) is 0 Å². The highest BCUT2D eigenvalue weighted by Gasteiger charge is 2.23. The molecule has 0 N–H and O–H groups in total. The van der Waals surface area contributed by atoms with Crippen LogP contribution in [0.15, 0.2) is 11.6 Å². The summed E-state index contributed by atoms with van der Waals surface area (Å²) in [5.41, 5.74) is 1.16. The molecule has 1 rings (SSSR count). The van der Waals surface area contributed by atoms with Crippen LogP contribution in [0.3, 0.4) is 0 Å². The Morgan fingerprint density at radius 2 is 2.20 bits per heavy atom. The molecule has 5 heteroatoms. The lowest BCUT2D eigenvalue weighted by atomic mass is 10.1. The molecule has 84 valence electrons. The van der Waals surface area contributed by atoms with Crippen molar-refractivity contribution in [3.63, 3.8) is 0 Å². The lowest BCUT2D eigenvalue weighted by molar-refractivity contribution is -0.158. The van der Waals surface area contributed by atoms with Crippen LogP contribution in [0.1, 0.15) is 6.42 Å². The van der Waals surface area contributed by atoms with Crippen molar-refractivity contribution in [1.82, 2.24) is 4.90 Å². The first-order chi connectivity index (χ1) is 7.19. The molecule has 0 spiro atoms. The SMILES string of the molecule is COCC1=CCN(C(=O)C(=O)OC)CC1. The van der Waals surface area contributed by atoms with E-state index in [1.165, 1.54) is 12.0 Å². The van der Waals surface area contributed by atoms with Crippen molar-refractivity contribution in [3.8, 4) is 0 Å². The molecule has 0 aromatic heterocycles. The molecule has 15 heavy (non-hydrogen) atoms. The minimum Gasteiger partial charge on any atom is -0.462 e. The molecule has 0 saturated heterocycles. The molecule has 0 radical (unpaired) electrons. The molecule has 1 heterocycles. The summed E-state index contributed by atoms with van der Waals surface area (Å²) in [4.78, 5) is 23.8. The van der Waals surface area contributed by atoms with Gasteiger partial charge in [0.25, 0.3) is 0 Å². The predicted octanol–water partition coefficient (Wildman–Crippen LogP) is -0.0355. The van der Waals surface area contributed by atoms with Crippen LogP contribution in [0.4, 0.5) is 0 Å². The van der Waals surface area contributed by atoms with E-state index >= 15 is 0 Å². The van der Waals surface area contributed by atoms with Crippen molar-refractivity contribution < 1.29 is 19.1 Å². The maximum absolute atomic E-state index is 11.4. The van der Waals surface area contributed by atoms with Gasteiger partial charge >= 0.3 is 11.9 Å². The van der Waals surface area contributed by atoms with Gasteiger partial charge < -0.3 is 14.4 Å². The summed E-state index contributed by atoms with van der Waals surface area (Å²) in [5, 5.41) is 0. The number of ether oxygens (including phenoxy) is 2. The zero-order valence-electron chi connectivity index (χ0n) is 8.99. The zero-order chi connectivity index (χ0) is 11.3. The summed E-state index contributed by atoms with van der Waals surface area (Å²) in [7, 11) is 2.84. The van der Waals surface area contributed by atoms with Gasteiger partial charge in [-0.2, -0.15) is 0 Å². The topological polar surface area (TPSA) is 55.8 Å². The van der Waals surface area contributed by atoms with Gasteiger partial charge in [-0.25, -0.2) is 4.79 Å². The number of hydrogen-bond acceptors (Lipinski definition) is 4. The Morgan fingerprint density at radius 1 is 1.47 bits per heavy atom. The standard InChI is InChI=1S/C10H15NO4/c1-14-7-8-3-5-11(6-4-8)9(12)10(13)15-2/h3H,4-7H2,1-2H3. The highest BCUT2D eigenvalue weighted by Crippen LogP contribution is 2.11.